The molecule has 3 aromatic heterocycles. The Hall–Kier alpha value is -3.67. The van der Waals surface area contributed by atoms with Gasteiger partial charge in [-0.2, -0.15) is 5.10 Å². The van der Waals surface area contributed by atoms with Crippen molar-refractivity contribution in [3.8, 4) is 11.3 Å². The van der Waals surface area contributed by atoms with Gasteiger partial charge in [0.25, 0.3) is 5.91 Å². The first-order valence-electron chi connectivity index (χ1n) is 8.56. The maximum atomic E-state index is 12.3. The molecule has 3 heterocycles. The number of fused-ring (bicyclic) bond motifs is 1. The predicted molar refractivity (Wildman–Crippen MR) is 104 cm³/mol. The first-order valence-corrected chi connectivity index (χ1v) is 8.56. The third-order valence-corrected chi connectivity index (χ3v) is 4.25. The molecular weight excluding hydrogens is 340 g/mol. The molecule has 4 rings (SSSR count). The molecule has 0 aliphatic rings. The number of aromatic nitrogens is 2. The highest BCUT2D eigenvalue weighted by molar-refractivity contribution is 5.96. The molecule has 6 nitrogen and oxygen atoms in total. The lowest BCUT2D eigenvalue weighted by Gasteiger charge is -2.01. The second kappa shape index (κ2) is 6.92. The zero-order valence-electron chi connectivity index (χ0n) is 15.0. The molecular formula is C21H18N4O2. The second-order valence-corrected chi connectivity index (χ2v) is 6.17. The molecule has 27 heavy (non-hydrogen) atoms. The maximum Gasteiger partial charge on any atom is 0.274 e. The van der Waals surface area contributed by atoms with Crippen LogP contribution in [0.15, 0.2) is 70.3 Å². The lowest BCUT2D eigenvalue weighted by atomic mass is 10.1. The Kier molecular flexibility index (Phi) is 4.30. The van der Waals surface area contributed by atoms with Crippen molar-refractivity contribution in [3.63, 3.8) is 0 Å². The van der Waals surface area contributed by atoms with Crippen LogP contribution in [-0.4, -0.2) is 21.5 Å². The van der Waals surface area contributed by atoms with Gasteiger partial charge in [-0.05, 0) is 32.0 Å². The number of carbonyl (C=O) groups is 1. The van der Waals surface area contributed by atoms with Crippen LogP contribution in [-0.2, 0) is 0 Å². The number of furan rings is 1. The molecule has 1 amide bonds. The Morgan fingerprint density at radius 2 is 1.93 bits per heavy atom. The van der Waals surface area contributed by atoms with Crippen molar-refractivity contribution in [2.24, 2.45) is 5.10 Å². The summed E-state index contributed by atoms with van der Waals surface area (Å²) in [5, 5.41) is 4.15. The SMILES string of the molecule is Cc1cc(C(=O)N/N=C/c2c(-c3ccccc3)nc3ccccn23)c(C)o1. The van der Waals surface area contributed by atoms with Crippen molar-refractivity contribution < 1.29 is 9.21 Å². The van der Waals surface area contributed by atoms with E-state index >= 15 is 0 Å². The minimum absolute atomic E-state index is 0.310. The molecule has 0 aliphatic carbocycles. The second-order valence-electron chi connectivity index (χ2n) is 6.17. The summed E-state index contributed by atoms with van der Waals surface area (Å²) in [6, 6.07) is 17.4. The highest BCUT2D eigenvalue weighted by atomic mass is 16.3. The monoisotopic (exact) mass is 358 g/mol. The van der Waals surface area contributed by atoms with Gasteiger partial charge in [0.15, 0.2) is 0 Å². The van der Waals surface area contributed by atoms with E-state index in [-0.39, 0.29) is 5.91 Å². The van der Waals surface area contributed by atoms with Crippen LogP contribution in [0.2, 0.25) is 0 Å². The molecule has 0 spiro atoms. The van der Waals surface area contributed by atoms with Crippen molar-refractivity contribution >= 4 is 17.8 Å². The van der Waals surface area contributed by atoms with Crippen LogP contribution >= 0.6 is 0 Å². The maximum absolute atomic E-state index is 12.3. The quantitative estimate of drug-likeness (QED) is 0.443. The lowest BCUT2D eigenvalue weighted by molar-refractivity contribution is 0.0953. The Morgan fingerprint density at radius 3 is 2.67 bits per heavy atom. The van der Waals surface area contributed by atoms with Crippen LogP contribution in [0.25, 0.3) is 16.9 Å². The molecule has 0 radical (unpaired) electrons. The van der Waals surface area contributed by atoms with E-state index in [1.807, 2.05) is 59.1 Å². The van der Waals surface area contributed by atoms with E-state index in [0.29, 0.717) is 17.1 Å². The molecule has 0 fully saturated rings. The van der Waals surface area contributed by atoms with Gasteiger partial charge in [-0.1, -0.05) is 36.4 Å². The van der Waals surface area contributed by atoms with Gasteiger partial charge >= 0.3 is 0 Å². The number of hydrogen-bond donors (Lipinski definition) is 1. The lowest BCUT2D eigenvalue weighted by Crippen LogP contribution is -2.18. The van der Waals surface area contributed by atoms with E-state index in [9.17, 15) is 4.79 Å². The van der Waals surface area contributed by atoms with E-state index in [2.05, 4.69) is 10.5 Å². The molecule has 1 N–H and O–H groups in total. The Labute approximate surface area is 156 Å². The van der Waals surface area contributed by atoms with Gasteiger partial charge in [0.2, 0.25) is 0 Å². The fourth-order valence-corrected chi connectivity index (χ4v) is 3.02. The number of hydrazone groups is 1. The molecule has 0 bridgehead atoms. The van der Waals surface area contributed by atoms with Crippen molar-refractivity contribution in [2.75, 3.05) is 0 Å². The van der Waals surface area contributed by atoms with Crippen molar-refractivity contribution in [1.29, 1.82) is 0 Å². The van der Waals surface area contributed by atoms with E-state index in [4.69, 9.17) is 9.40 Å². The number of rotatable bonds is 4. The van der Waals surface area contributed by atoms with Gasteiger partial charge in [0.1, 0.15) is 17.2 Å². The summed E-state index contributed by atoms with van der Waals surface area (Å²) < 4.78 is 7.33. The van der Waals surface area contributed by atoms with Crippen molar-refractivity contribution in [2.45, 2.75) is 13.8 Å². The van der Waals surface area contributed by atoms with Crippen LogP contribution < -0.4 is 5.43 Å². The van der Waals surface area contributed by atoms with E-state index in [1.165, 1.54) is 0 Å². The summed E-state index contributed by atoms with van der Waals surface area (Å²) in [7, 11) is 0. The number of hydrogen-bond acceptors (Lipinski definition) is 4. The molecule has 0 saturated carbocycles. The number of amides is 1. The molecule has 134 valence electrons. The summed E-state index contributed by atoms with van der Waals surface area (Å²) in [5.41, 5.74) is 6.42. The third kappa shape index (κ3) is 3.25. The summed E-state index contributed by atoms with van der Waals surface area (Å²) in [4.78, 5) is 17.0. The van der Waals surface area contributed by atoms with E-state index in [1.54, 1.807) is 26.1 Å². The van der Waals surface area contributed by atoms with Gasteiger partial charge in [-0.3, -0.25) is 9.20 Å². The molecule has 6 heteroatoms. The average molecular weight is 358 g/mol. The average Bonchev–Trinajstić information content (AvgIpc) is 3.22. The summed E-state index contributed by atoms with van der Waals surface area (Å²) >= 11 is 0. The van der Waals surface area contributed by atoms with Gasteiger partial charge in [0, 0.05) is 11.8 Å². The van der Waals surface area contributed by atoms with Crippen LogP contribution in [0, 0.1) is 13.8 Å². The molecule has 1 aromatic carbocycles. The van der Waals surface area contributed by atoms with E-state index < -0.39 is 0 Å². The number of aryl methyl sites for hydroxylation is 2. The van der Waals surface area contributed by atoms with Gasteiger partial charge < -0.3 is 4.42 Å². The Morgan fingerprint density at radius 1 is 1.15 bits per heavy atom. The number of carbonyl (C=O) groups excluding carboxylic acids is 1. The number of benzene rings is 1. The smallest absolute Gasteiger partial charge is 0.274 e. The molecule has 0 atom stereocenters. The van der Waals surface area contributed by atoms with Crippen molar-refractivity contribution in [3.05, 3.63) is 83.6 Å². The predicted octanol–water partition coefficient (Wildman–Crippen LogP) is 3.98. The van der Waals surface area contributed by atoms with Crippen LogP contribution in [0.1, 0.15) is 27.6 Å². The zero-order chi connectivity index (χ0) is 18.8. The van der Waals surface area contributed by atoms with Gasteiger partial charge in [-0.25, -0.2) is 10.4 Å². The fourth-order valence-electron chi connectivity index (χ4n) is 3.02. The minimum atomic E-state index is -0.310. The molecule has 0 aliphatic heterocycles. The fraction of sp³-hybridized carbons (Fsp3) is 0.0952. The van der Waals surface area contributed by atoms with Gasteiger partial charge in [-0.15, -0.1) is 0 Å². The Balaban J connectivity index is 1.68. The topological polar surface area (TPSA) is 71.9 Å². The zero-order valence-corrected chi connectivity index (χ0v) is 15.0. The standard InChI is InChI=1S/C21H18N4O2/c1-14-12-17(15(2)27-14)21(26)24-22-13-18-20(16-8-4-3-5-9-16)23-19-10-6-7-11-25(18)19/h3-13H,1-2H3,(H,24,26)/b22-13+. The van der Waals surface area contributed by atoms with Crippen molar-refractivity contribution in [1.82, 2.24) is 14.8 Å². The largest absolute Gasteiger partial charge is 0.466 e. The summed E-state index contributed by atoms with van der Waals surface area (Å²) in [5.74, 6) is 0.949. The number of nitrogens with one attached hydrogen (secondary N) is 1. The number of nitrogens with zero attached hydrogens (tertiary/aromatic N) is 3. The number of pyridine rings is 1. The van der Waals surface area contributed by atoms with Crippen LogP contribution in [0.4, 0.5) is 0 Å². The third-order valence-electron chi connectivity index (χ3n) is 4.25. The number of imidazole rings is 1. The first kappa shape index (κ1) is 16.8. The minimum Gasteiger partial charge on any atom is -0.466 e. The summed E-state index contributed by atoms with van der Waals surface area (Å²) in [6.45, 7) is 3.56. The molecule has 4 aromatic rings. The highest BCUT2D eigenvalue weighted by Crippen LogP contribution is 2.23. The first-order chi connectivity index (χ1) is 13.1. The van der Waals surface area contributed by atoms with E-state index in [0.717, 1.165) is 22.6 Å². The normalized spacial score (nSPS) is 11.3. The Bertz CT molecular complexity index is 1140. The molecule has 0 unspecified atom stereocenters. The van der Waals surface area contributed by atoms with Gasteiger partial charge in [0.05, 0.1) is 23.2 Å². The summed E-state index contributed by atoms with van der Waals surface area (Å²) in [6.07, 6.45) is 3.53. The molecule has 0 saturated heterocycles. The highest BCUT2D eigenvalue weighted by Gasteiger charge is 2.14. The van der Waals surface area contributed by atoms with Crippen LogP contribution in [0.5, 0.6) is 0 Å². The van der Waals surface area contributed by atoms with Crippen LogP contribution in [0.3, 0.4) is 0 Å².